The number of ether oxygens (including phenoxy) is 4. The van der Waals surface area contributed by atoms with Crippen LogP contribution < -0.4 is 14.8 Å². The fraction of sp³-hybridized carbons (Fsp3) is 0.596. The highest BCUT2D eigenvalue weighted by Gasteiger charge is 2.57. The molecular formula is C47H62N6O4. The zero-order chi connectivity index (χ0) is 39.5. The first-order valence-electron chi connectivity index (χ1n) is 21.5. The Morgan fingerprint density at radius 1 is 0.965 bits per heavy atom. The van der Waals surface area contributed by atoms with Crippen molar-refractivity contribution in [2.45, 2.75) is 122 Å². The third-order valence-corrected chi connectivity index (χ3v) is 13.8. The summed E-state index contributed by atoms with van der Waals surface area (Å²) >= 11 is 0. The van der Waals surface area contributed by atoms with Crippen LogP contribution in [0.5, 0.6) is 11.5 Å². The van der Waals surface area contributed by atoms with E-state index in [1.165, 1.54) is 50.6 Å². The smallest absolute Gasteiger partial charge is 0.163 e. The van der Waals surface area contributed by atoms with E-state index in [4.69, 9.17) is 33.9 Å². The minimum Gasteiger partial charge on any atom is -0.497 e. The molecule has 0 spiro atoms. The number of aromatic amines is 1. The predicted octanol–water partition coefficient (Wildman–Crippen LogP) is 8.52. The third kappa shape index (κ3) is 7.82. The molecule has 4 fully saturated rings. The van der Waals surface area contributed by atoms with Gasteiger partial charge in [-0.05, 0) is 106 Å². The Kier molecular flexibility index (Phi) is 10.3. The van der Waals surface area contributed by atoms with Crippen molar-refractivity contribution in [3.63, 3.8) is 0 Å². The fourth-order valence-electron chi connectivity index (χ4n) is 10.3. The molecule has 57 heavy (non-hydrogen) atoms. The lowest BCUT2D eigenvalue weighted by atomic mass is 9.75. The van der Waals surface area contributed by atoms with Crippen LogP contribution in [0.15, 0.2) is 70.1 Å². The summed E-state index contributed by atoms with van der Waals surface area (Å²) in [6, 6.07) is 13.3. The molecule has 3 saturated carbocycles. The van der Waals surface area contributed by atoms with Crippen LogP contribution in [0.2, 0.25) is 0 Å². The molecule has 10 heteroatoms. The average Bonchev–Trinajstić information content (AvgIpc) is 3.93. The second-order valence-electron chi connectivity index (χ2n) is 19.1. The number of H-pyrrole nitrogens is 1. The van der Waals surface area contributed by atoms with Crippen LogP contribution in [-0.4, -0.2) is 78.1 Å². The van der Waals surface area contributed by atoms with Gasteiger partial charge in [0, 0.05) is 79.5 Å². The van der Waals surface area contributed by atoms with Crippen LogP contribution in [0, 0.1) is 29.6 Å². The van der Waals surface area contributed by atoms with E-state index in [-0.39, 0.29) is 29.5 Å². The van der Waals surface area contributed by atoms with Crippen molar-refractivity contribution in [3.8, 4) is 11.5 Å². The van der Waals surface area contributed by atoms with Crippen molar-refractivity contribution in [1.29, 1.82) is 0 Å². The lowest BCUT2D eigenvalue weighted by Crippen LogP contribution is -2.50. The van der Waals surface area contributed by atoms with Crippen LogP contribution in [0.1, 0.15) is 96.5 Å². The molecule has 3 aromatic rings. The van der Waals surface area contributed by atoms with Gasteiger partial charge in [0.1, 0.15) is 23.1 Å². The highest BCUT2D eigenvalue weighted by molar-refractivity contribution is 6.15. The lowest BCUT2D eigenvalue weighted by Gasteiger charge is -2.46. The average molecular weight is 775 g/mol. The normalized spacial score (nSPS) is 29.1. The molecule has 2 aromatic carbocycles. The number of hydrogen-bond acceptors (Lipinski definition) is 9. The lowest BCUT2D eigenvalue weighted by molar-refractivity contribution is -0.163. The number of nitrogens with one attached hydrogen (secondary N) is 2. The summed E-state index contributed by atoms with van der Waals surface area (Å²) in [7, 11) is 3.36. The van der Waals surface area contributed by atoms with Gasteiger partial charge >= 0.3 is 0 Å². The van der Waals surface area contributed by atoms with E-state index in [2.05, 4.69) is 80.3 Å². The van der Waals surface area contributed by atoms with E-state index in [0.717, 1.165) is 82.2 Å². The van der Waals surface area contributed by atoms with E-state index in [0.29, 0.717) is 18.5 Å². The number of fused-ring (bicyclic) bond motifs is 3. The summed E-state index contributed by atoms with van der Waals surface area (Å²) in [5, 5.41) is 3.58. The van der Waals surface area contributed by atoms with Crippen LogP contribution in [0.25, 0.3) is 11.0 Å². The Morgan fingerprint density at radius 3 is 2.54 bits per heavy atom. The van der Waals surface area contributed by atoms with Crippen molar-refractivity contribution < 1.29 is 18.9 Å². The molecule has 2 N–H and O–H groups in total. The van der Waals surface area contributed by atoms with Gasteiger partial charge in [-0.2, -0.15) is 0 Å². The van der Waals surface area contributed by atoms with Crippen molar-refractivity contribution in [2.24, 2.45) is 39.6 Å². The van der Waals surface area contributed by atoms with Gasteiger partial charge in [0.2, 0.25) is 0 Å². The molecule has 0 amide bonds. The number of nitrogens with zero attached hydrogens (tertiary/aromatic N) is 4. The van der Waals surface area contributed by atoms with Crippen molar-refractivity contribution in [2.75, 3.05) is 27.3 Å². The topological polar surface area (TPSA) is 106 Å². The van der Waals surface area contributed by atoms with Crippen LogP contribution in [0.3, 0.4) is 0 Å². The first-order chi connectivity index (χ1) is 27.4. The molecule has 1 unspecified atom stereocenters. The Bertz CT molecular complexity index is 2080. The summed E-state index contributed by atoms with van der Waals surface area (Å²) in [5.41, 5.74) is 6.89. The molecule has 3 aliphatic heterocycles. The van der Waals surface area contributed by atoms with Crippen LogP contribution in [0.4, 0.5) is 0 Å². The maximum atomic E-state index is 6.80. The largest absolute Gasteiger partial charge is 0.497 e. The Morgan fingerprint density at radius 2 is 1.79 bits per heavy atom. The number of allylic oxidation sites excluding steroid dienone is 2. The Hall–Kier alpha value is -3.99. The van der Waals surface area contributed by atoms with E-state index in [1.807, 2.05) is 24.4 Å². The molecule has 3 aliphatic carbocycles. The Balaban J connectivity index is 0.858. The molecule has 10 nitrogen and oxygen atoms in total. The van der Waals surface area contributed by atoms with Gasteiger partial charge < -0.3 is 29.2 Å². The summed E-state index contributed by atoms with van der Waals surface area (Å²) in [6.45, 7) is 13.8. The number of methoxy groups -OCH3 is 2. The van der Waals surface area contributed by atoms with E-state index < -0.39 is 5.79 Å². The van der Waals surface area contributed by atoms with Gasteiger partial charge in [-0.15, -0.1) is 0 Å². The number of aromatic nitrogens is 2. The fourth-order valence-corrected chi connectivity index (χ4v) is 10.3. The van der Waals surface area contributed by atoms with E-state index >= 15 is 0 Å². The zero-order valence-electron chi connectivity index (χ0n) is 35.0. The second-order valence-corrected chi connectivity index (χ2v) is 19.1. The van der Waals surface area contributed by atoms with E-state index in [1.54, 1.807) is 14.2 Å². The number of benzene rings is 2. The maximum absolute atomic E-state index is 6.80. The molecule has 4 heterocycles. The number of imidazole rings is 1. The van der Waals surface area contributed by atoms with Crippen molar-refractivity contribution in [3.05, 3.63) is 77.0 Å². The molecule has 1 saturated heterocycles. The molecule has 0 radical (unpaired) electrons. The second kappa shape index (κ2) is 15.3. The van der Waals surface area contributed by atoms with Crippen molar-refractivity contribution in [1.82, 2.24) is 20.2 Å². The minimum atomic E-state index is -0.609. The summed E-state index contributed by atoms with van der Waals surface area (Å²) < 4.78 is 24.6. The van der Waals surface area contributed by atoms with Gasteiger partial charge in [-0.1, -0.05) is 33.3 Å². The highest BCUT2D eigenvalue weighted by Crippen LogP contribution is 2.50. The first-order valence-corrected chi connectivity index (χ1v) is 21.5. The van der Waals surface area contributed by atoms with Gasteiger partial charge in [0.05, 0.1) is 43.2 Å². The number of hydrogen-bond donors (Lipinski definition) is 2. The monoisotopic (exact) mass is 774 g/mol. The molecule has 304 valence electrons. The summed E-state index contributed by atoms with van der Waals surface area (Å²) in [5.74, 6) is 5.18. The predicted molar refractivity (Wildman–Crippen MR) is 226 cm³/mol. The summed E-state index contributed by atoms with van der Waals surface area (Å²) in [4.78, 5) is 21.5. The standard InChI is InChI=1S/C47H62N6O4/c1-46(2,3)32-13-15-38-39(22-32)52-41(51-38)16-11-29-19-33(20-29)53(26-28-9-8-10-28)27-31-21-36(44-43(31)56-47(4,5)57-44)37-25-50-45(35-17-18-48-42(35)37)49-24-30-12-14-34(54-6)23-40(30)55-7/h12-15,17-18,22-23,25,28-29,31,33,36-37,43-44,49H,8-11,16,19-21,24,26-27H2,1-7H3,(H,51,52)/t29-,31-,33-,36-,37?,43-,44+/m1/s1. The maximum Gasteiger partial charge on any atom is 0.163 e. The quantitative estimate of drug-likeness (QED) is 0.169. The van der Waals surface area contributed by atoms with E-state index in [9.17, 15) is 0 Å². The molecular weight excluding hydrogens is 713 g/mol. The number of aliphatic imine (C=N–C) groups is 2. The molecule has 9 rings (SSSR count). The number of aryl methyl sites for hydroxylation is 1. The first kappa shape index (κ1) is 38.5. The van der Waals surface area contributed by atoms with Gasteiger partial charge in [-0.25, -0.2) is 9.98 Å². The molecule has 0 bridgehead atoms. The zero-order valence-corrected chi connectivity index (χ0v) is 35.0. The van der Waals surface area contributed by atoms with Gasteiger partial charge in [0.15, 0.2) is 5.79 Å². The van der Waals surface area contributed by atoms with Crippen LogP contribution in [-0.2, 0) is 27.9 Å². The van der Waals surface area contributed by atoms with Gasteiger partial charge in [-0.3, -0.25) is 9.89 Å². The van der Waals surface area contributed by atoms with Crippen molar-refractivity contribution >= 4 is 23.0 Å². The molecule has 1 aromatic heterocycles. The SMILES string of the molecule is COc1ccc(CNC2=C3C=CN=C3C([C@H]3C[C@H](CN(CC4CCC4)[C@H]4C[C@H](CCc5nc6cc(C(C)(C)C)ccc6[nH]5)C4)[C@H]4OC(C)(C)O[C@H]43)C=N2)c(OC)c1. The van der Waals surface area contributed by atoms with Crippen LogP contribution >= 0.6 is 0 Å². The van der Waals surface area contributed by atoms with Gasteiger partial charge in [0.25, 0.3) is 0 Å². The summed E-state index contributed by atoms with van der Waals surface area (Å²) in [6.07, 6.45) is 16.1. The Labute approximate surface area is 338 Å². The molecule has 6 aliphatic rings. The highest BCUT2D eigenvalue weighted by atomic mass is 16.8. The third-order valence-electron chi connectivity index (χ3n) is 13.8. The molecule has 5 atom stereocenters. The number of rotatable bonds is 14. The minimum absolute atomic E-state index is 0.00653.